The Balaban J connectivity index is 1.18. The molecule has 0 saturated carbocycles. The molecule has 282 valence electrons. The quantitative estimate of drug-likeness (QED) is 0.227. The van der Waals surface area contributed by atoms with Crippen LogP contribution in [0.15, 0.2) is 72.8 Å². The fourth-order valence-corrected chi connectivity index (χ4v) is 8.23. The predicted octanol–water partition coefficient (Wildman–Crippen LogP) is 6.63. The van der Waals surface area contributed by atoms with Gasteiger partial charge in [0, 0.05) is 23.6 Å². The number of ether oxygens (including phenoxy) is 1. The molecule has 3 heterocycles. The smallest absolute Gasteiger partial charge is 0.407 e. The lowest BCUT2D eigenvalue weighted by molar-refractivity contribution is -0.135. The van der Waals surface area contributed by atoms with Crippen molar-refractivity contribution in [1.29, 1.82) is 0 Å². The Hall–Kier alpha value is -4.90. The molecular weight excluding hydrogens is 668 g/mol. The van der Waals surface area contributed by atoms with E-state index in [0.717, 1.165) is 42.7 Å². The summed E-state index contributed by atoms with van der Waals surface area (Å²) in [4.78, 5) is 56.8. The van der Waals surface area contributed by atoms with Crippen LogP contribution in [0.1, 0.15) is 88.6 Å². The molecule has 53 heavy (non-hydrogen) atoms. The average Bonchev–Trinajstić information content (AvgIpc) is 3.90. The Kier molecular flexibility index (Phi) is 11.4. The first-order chi connectivity index (χ1) is 25.3. The van der Waals surface area contributed by atoms with Crippen LogP contribution in [-0.4, -0.2) is 79.5 Å². The van der Waals surface area contributed by atoms with Crippen molar-refractivity contribution in [2.75, 3.05) is 49.3 Å². The van der Waals surface area contributed by atoms with Gasteiger partial charge in [0.05, 0.1) is 25.2 Å². The summed E-state index contributed by atoms with van der Waals surface area (Å²) < 4.78 is 4.56. The van der Waals surface area contributed by atoms with Crippen LogP contribution in [0.3, 0.4) is 0 Å². The number of methoxy groups -OCH3 is 1. The number of hydrogen-bond donors (Lipinski definition) is 3. The van der Waals surface area contributed by atoms with Crippen LogP contribution >= 0.6 is 0 Å². The van der Waals surface area contributed by atoms with E-state index >= 15 is 0 Å². The van der Waals surface area contributed by atoms with Crippen LogP contribution in [0.5, 0.6) is 0 Å². The van der Waals surface area contributed by atoms with Gasteiger partial charge in [-0.15, -0.1) is 0 Å². The van der Waals surface area contributed by atoms with E-state index in [4.69, 9.17) is 0 Å². The second-order valence-electron chi connectivity index (χ2n) is 15.8. The van der Waals surface area contributed by atoms with E-state index in [1.54, 1.807) is 0 Å². The second-order valence-corrected chi connectivity index (χ2v) is 15.8. The number of carbonyl (C=O) groups excluding carboxylic acids is 4. The van der Waals surface area contributed by atoms with Crippen molar-refractivity contribution < 1.29 is 23.9 Å². The Labute approximate surface area is 313 Å². The molecule has 3 fully saturated rings. The van der Waals surface area contributed by atoms with Crippen LogP contribution in [0.2, 0.25) is 0 Å². The summed E-state index contributed by atoms with van der Waals surface area (Å²) in [5.74, 6) is -0.184. The number of nitrogens with zero attached hydrogens (tertiary/aromatic N) is 3. The van der Waals surface area contributed by atoms with E-state index in [-0.39, 0.29) is 47.8 Å². The zero-order valence-corrected chi connectivity index (χ0v) is 31.9. The summed E-state index contributed by atoms with van der Waals surface area (Å²) in [5.41, 5.74) is 6.27. The van der Waals surface area contributed by atoms with E-state index in [1.165, 1.54) is 23.1 Å². The van der Waals surface area contributed by atoms with Crippen molar-refractivity contribution in [2.45, 2.75) is 89.4 Å². The maximum Gasteiger partial charge on any atom is 0.407 e. The summed E-state index contributed by atoms with van der Waals surface area (Å²) in [6, 6.07) is 24.8. The van der Waals surface area contributed by atoms with Gasteiger partial charge in [-0.25, -0.2) is 4.79 Å². The SMILES string of the molecule is COC(=O)NCC(=O)N1CCCC1C(=O)Nc1ccc(C2CC[C@@H](c3ccc(NC(=O)[C@@H]4C(C)CCN4C)cc3)N2c2ccc(C(C)(C)C)cc2)cc1. The first-order valence-corrected chi connectivity index (χ1v) is 18.9. The molecule has 0 aromatic heterocycles. The maximum absolute atomic E-state index is 13.3. The molecule has 3 unspecified atom stereocenters. The summed E-state index contributed by atoms with van der Waals surface area (Å²) in [5, 5.41) is 8.57. The minimum atomic E-state index is -0.687. The molecule has 0 bridgehead atoms. The fourth-order valence-electron chi connectivity index (χ4n) is 8.23. The minimum absolute atomic E-state index is 0.0384. The van der Waals surface area contributed by atoms with Crippen molar-refractivity contribution in [1.82, 2.24) is 15.1 Å². The first kappa shape index (κ1) is 37.8. The highest BCUT2D eigenvalue weighted by molar-refractivity contribution is 5.98. The van der Waals surface area contributed by atoms with E-state index in [0.29, 0.717) is 31.0 Å². The predicted molar refractivity (Wildman–Crippen MR) is 208 cm³/mol. The van der Waals surface area contributed by atoms with Gasteiger partial charge in [-0.1, -0.05) is 64.1 Å². The summed E-state index contributed by atoms with van der Waals surface area (Å²) in [6.45, 7) is 9.98. The molecule has 0 spiro atoms. The van der Waals surface area contributed by atoms with Gasteiger partial charge in [0.1, 0.15) is 12.6 Å². The topological polar surface area (TPSA) is 123 Å². The third-order valence-electron chi connectivity index (χ3n) is 11.2. The Morgan fingerprint density at radius 2 is 1.32 bits per heavy atom. The van der Waals surface area contributed by atoms with Gasteiger partial charge in [-0.3, -0.25) is 19.3 Å². The highest BCUT2D eigenvalue weighted by atomic mass is 16.5. The van der Waals surface area contributed by atoms with E-state index in [9.17, 15) is 19.2 Å². The van der Waals surface area contributed by atoms with Crippen molar-refractivity contribution in [3.63, 3.8) is 0 Å². The second kappa shape index (κ2) is 16.0. The molecule has 11 nitrogen and oxygen atoms in total. The van der Waals surface area contributed by atoms with E-state index in [2.05, 4.69) is 107 Å². The molecular formula is C42H54N6O5. The van der Waals surface area contributed by atoms with Crippen molar-refractivity contribution in [2.24, 2.45) is 5.92 Å². The molecule has 6 rings (SSSR count). The zero-order chi connectivity index (χ0) is 37.9. The molecule has 4 amide bonds. The zero-order valence-electron chi connectivity index (χ0n) is 31.9. The molecule has 0 radical (unpaired) electrons. The molecule has 5 atom stereocenters. The van der Waals surface area contributed by atoms with Crippen LogP contribution in [-0.2, 0) is 24.5 Å². The number of rotatable bonds is 9. The largest absolute Gasteiger partial charge is 0.453 e. The monoisotopic (exact) mass is 722 g/mol. The lowest BCUT2D eigenvalue weighted by Crippen LogP contribution is -2.47. The number of likely N-dealkylation sites (tertiary alicyclic amines) is 2. The number of benzene rings is 3. The molecule has 3 saturated heterocycles. The summed E-state index contributed by atoms with van der Waals surface area (Å²) >= 11 is 0. The highest BCUT2D eigenvalue weighted by Crippen LogP contribution is 2.47. The number of anilines is 3. The first-order valence-electron chi connectivity index (χ1n) is 18.9. The number of alkyl carbamates (subject to hydrolysis) is 1. The Morgan fingerprint density at radius 1 is 0.755 bits per heavy atom. The Bertz CT molecular complexity index is 1760. The van der Waals surface area contributed by atoms with Crippen LogP contribution in [0.25, 0.3) is 0 Å². The van der Waals surface area contributed by atoms with E-state index in [1.807, 2.05) is 31.3 Å². The average molecular weight is 723 g/mol. The van der Waals surface area contributed by atoms with Gasteiger partial charge in [0.25, 0.3) is 0 Å². The van der Waals surface area contributed by atoms with E-state index < -0.39 is 12.1 Å². The third kappa shape index (κ3) is 8.51. The van der Waals surface area contributed by atoms with Crippen LogP contribution < -0.4 is 20.9 Å². The lowest BCUT2D eigenvalue weighted by Gasteiger charge is -2.34. The maximum atomic E-state index is 13.3. The van der Waals surface area contributed by atoms with Crippen LogP contribution in [0.4, 0.5) is 21.9 Å². The van der Waals surface area contributed by atoms with Gasteiger partial charge < -0.3 is 30.5 Å². The number of hydrogen-bond acceptors (Lipinski definition) is 7. The Morgan fingerprint density at radius 3 is 1.83 bits per heavy atom. The highest BCUT2D eigenvalue weighted by Gasteiger charge is 2.37. The van der Waals surface area contributed by atoms with Gasteiger partial charge in [0.2, 0.25) is 17.7 Å². The molecule has 11 heteroatoms. The van der Waals surface area contributed by atoms with Gasteiger partial charge in [-0.2, -0.15) is 0 Å². The number of nitrogens with one attached hydrogen (secondary N) is 3. The number of carbonyl (C=O) groups is 4. The van der Waals surface area contributed by atoms with Gasteiger partial charge >= 0.3 is 6.09 Å². The standard InChI is InChI=1S/C42H54N6O5/c1-27-23-25-46(5)38(27)40(51)45-32-17-11-29(12-18-32)35-22-21-34(48(35)33-19-13-30(14-20-33)42(2,3)4)28-9-15-31(16-10-28)44-39(50)36-8-7-24-47(36)37(49)26-43-41(52)53-6/h9-20,27,34-36,38H,7-8,21-26H2,1-6H3,(H,43,52)(H,44,50)(H,45,51)/t27?,34?,35-,36?,38-/m0/s1. The summed E-state index contributed by atoms with van der Waals surface area (Å²) in [7, 11) is 3.26. The molecule has 0 aliphatic carbocycles. The lowest BCUT2D eigenvalue weighted by atomic mass is 9.87. The minimum Gasteiger partial charge on any atom is -0.453 e. The number of amides is 4. The molecule has 3 aromatic carbocycles. The van der Waals surface area contributed by atoms with Crippen molar-refractivity contribution >= 4 is 40.9 Å². The fraction of sp³-hybridized carbons (Fsp3) is 0.476. The molecule has 3 aliphatic heterocycles. The normalized spacial score (nSPS) is 23.2. The molecule has 3 N–H and O–H groups in total. The van der Waals surface area contributed by atoms with Gasteiger partial charge in [-0.05, 0) is 110 Å². The molecule has 3 aromatic rings. The van der Waals surface area contributed by atoms with Crippen molar-refractivity contribution in [3.05, 3.63) is 89.5 Å². The summed E-state index contributed by atoms with van der Waals surface area (Å²) in [6.07, 6.45) is 3.52. The third-order valence-corrected chi connectivity index (χ3v) is 11.2. The van der Waals surface area contributed by atoms with Crippen molar-refractivity contribution in [3.8, 4) is 0 Å². The van der Waals surface area contributed by atoms with Gasteiger partial charge in [0.15, 0.2) is 0 Å². The number of likely N-dealkylation sites (N-methyl/N-ethyl adjacent to an activating group) is 1. The molecule has 3 aliphatic rings. The van der Waals surface area contributed by atoms with Crippen LogP contribution in [0, 0.1) is 5.92 Å².